The zero-order valence-corrected chi connectivity index (χ0v) is 17.2. The van der Waals surface area contributed by atoms with E-state index in [0.29, 0.717) is 19.5 Å². The fraction of sp³-hybridized carbons (Fsp3) is 0.476. The molecule has 0 saturated carbocycles. The van der Waals surface area contributed by atoms with E-state index >= 15 is 0 Å². The first-order valence-electron chi connectivity index (χ1n) is 10.0. The van der Waals surface area contributed by atoms with Crippen LogP contribution in [-0.4, -0.2) is 48.9 Å². The Morgan fingerprint density at radius 3 is 2.55 bits per heavy atom. The Hall–Kier alpha value is -2.48. The van der Waals surface area contributed by atoms with Gasteiger partial charge in [0.15, 0.2) is 0 Å². The first-order valence-corrected chi connectivity index (χ1v) is 10.9. The molecule has 1 unspecified atom stereocenters. The van der Waals surface area contributed by atoms with Gasteiger partial charge in [-0.3, -0.25) is 14.5 Å². The lowest BCUT2D eigenvalue weighted by molar-refractivity contribution is -0.121. The average molecular weight is 416 g/mol. The molecular formula is C21H25N3O4S. The number of piperidine rings is 1. The number of anilines is 2. The van der Waals surface area contributed by atoms with Crippen molar-refractivity contribution in [2.24, 2.45) is 0 Å². The van der Waals surface area contributed by atoms with E-state index in [1.54, 1.807) is 21.6 Å². The van der Waals surface area contributed by atoms with E-state index in [9.17, 15) is 14.4 Å². The topological polar surface area (TPSA) is 79.0 Å². The summed E-state index contributed by atoms with van der Waals surface area (Å²) >= 11 is 1.57. The Morgan fingerprint density at radius 2 is 1.90 bits per heavy atom. The minimum absolute atomic E-state index is 0.0202. The van der Waals surface area contributed by atoms with Gasteiger partial charge in [-0.1, -0.05) is 6.08 Å². The maximum absolute atomic E-state index is 12.3. The second kappa shape index (κ2) is 8.49. The Bertz CT molecular complexity index is 839. The number of carbonyl (C=O) groups excluding carboxylic acids is 3. The standard InChI is InChI=1S/C21H25N3O4S/c1-14-5-10-18(29-14)20(26)22-12-17-13-24(21(27)28-17)16-8-6-15(7-9-16)23-11-3-2-4-19(23)25/h5-9,17-18H,2-4,10-13H2,1H3,(H,22,26)/t17-,18?/m0/s1. The van der Waals surface area contributed by atoms with E-state index in [-0.39, 0.29) is 23.2 Å². The number of allylic oxidation sites excluding steroid dienone is 2. The summed E-state index contributed by atoms with van der Waals surface area (Å²) in [5, 5.41) is 2.81. The highest BCUT2D eigenvalue weighted by Gasteiger charge is 2.33. The van der Waals surface area contributed by atoms with E-state index in [1.165, 1.54) is 4.91 Å². The van der Waals surface area contributed by atoms with Gasteiger partial charge in [-0.25, -0.2) is 4.79 Å². The molecule has 1 N–H and O–H groups in total. The van der Waals surface area contributed by atoms with Crippen LogP contribution in [0, 0.1) is 0 Å². The monoisotopic (exact) mass is 415 g/mol. The van der Waals surface area contributed by atoms with E-state index in [4.69, 9.17) is 4.74 Å². The second-order valence-electron chi connectivity index (χ2n) is 7.54. The molecule has 2 fully saturated rings. The molecule has 0 radical (unpaired) electrons. The zero-order valence-electron chi connectivity index (χ0n) is 16.4. The maximum Gasteiger partial charge on any atom is 0.414 e. The van der Waals surface area contributed by atoms with Gasteiger partial charge in [0.1, 0.15) is 6.10 Å². The van der Waals surface area contributed by atoms with E-state index in [0.717, 1.165) is 37.2 Å². The molecule has 0 spiro atoms. The third-order valence-electron chi connectivity index (χ3n) is 5.41. The number of benzene rings is 1. The van der Waals surface area contributed by atoms with Crippen LogP contribution in [0.3, 0.4) is 0 Å². The first-order chi connectivity index (χ1) is 14.0. The van der Waals surface area contributed by atoms with Crippen molar-refractivity contribution in [3.8, 4) is 0 Å². The minimum atomic E-state index is -0.418. The van der Waals surface area contributed by atoms with Crippen LogP contribution in [0.5, 0.6) is 0 Å². The number of nitrogens with one attached hydrogen (secondary N) is 1. The van der Waals surface area contributed by atoms with Crippen molar-refractivity contribution in [3.05, 3.63) is 35.2 Å². The Kier molecular flexibility index (Phi) is 5.80. The quantitative estimate of drug-likeness (QED) is 0.800. The molecule has 3 aliphatic heterocycles. The molecule has 7 nitrogen and oxygen atoms in total. The maximum atomic E-state index is 12.3. The predicted molar refractivity (Wildman–Crippen MR) is 113 cm³/mol. The van der Waals surface area contributed by atoms with Gasteiger partial charge in [-0.15, -0.1) is 11.8 Å². The molecular weight excluding hydrogens is 390 g/mol. The molecule has 29 heavy (non-hydrogen) atoms. The van der Waals surface area contributed by atoms with Crippen molar-refractivity contribution >= 4 is 41.0 Å². The van der Waals surface area contributed by atoms with Gasteiger partial charge in [0.05, 0.1) is 18.3 Å². The highest BCUT2D eigenvalue weighted by molar-refractivity contribution is 8.04. The second-order valence-corrected chi connectivity index (χ2v) is 8.99. The van der Waals surface area contributed by atoms with Crippen LogP contribution in [-0.2, 0) is 14.3 Å². The van der Waals surface area contributed by atoms with Crippen molar-refractivity contribution in [1.82, 2.24) is 5.32 Å². The number of ether oxygens (including phenoxy) is 1. The van der Waals surface area contributed by atoms with E-state index in [1.807, 2.05) is 31.2 Å². The smallest absolute Gasteiger partial charge is 0.414 e. The largest absolute Gasteiger partial charge is 0.442 e. The van der Waals surface area contributed by atoms with Crippen LogP contribution in [0.2, 0.25) is 0 Å². The first kappa shape index (κ1) is 19.8. The Morgan fingerprint density at radius 1 is 1.17 bits per heavy atom. The summed E-state index contributed by atoms with van der Waals surface area (Å²) < 4.78 is 5.41. The molecule has 1 aromatic rings. The van der Waals surface area contributed by atoms with E-state index < -0.39 is 6.09 Å². The zero-order chi connectivity index (χ0) is 20.4. The molecule has 1 aromatic carbocycles. The third-order valence-corrected chi connectivity index (χ3v) is 6.64. The number of cyclic esters (lactones) is 1. The minimum Gasteiger partial charge on any atom is -0.442 e. The normalized spacial score (nSPS) is 24.5. The fourth-order valence-electron chi connectivity index (χ4n) is 3.81. The van der Waals surface area contributed by atoms with Crippen molar-refractivity contribution in [2.45, 2.75) is 44.0 Å². The molecule has 0 aromatic heterocycles. The summed E-state index contributed by atoms with van der Waals surface area (Å²) in [6.07, 6.45) is 4.55. The van der Waals surface area contributed by atoms with E-state index in [2.05, 4.69) is 11.4 Å². The molecule has 0 aliphatic carbocycles. The van der Waals surface area contributed by atoms with Crippen LogP contribution in [0.1, 0.15) is 32.6 Å². The van der Waals surface area contributed by atoms with Gasteiger partial charge in [-0.2, -0.15) is 0 Å². The fourth-order valence-corrected chi connectivity index (χ4v) is 4.84. The highest BCUT2D eigenvalue weighted by Crippen LogP contribution is 2.31. The number of nitrogens with zero attached hydrogens (tertiary/aromatic N) is 2. The van der Waals surface area contributed by atoms with Crippen LogP contribution in [0.25, 0.3) is 0 Å². The lowest BCUT2D eigenvalue weighted by atomic mass is 10.1. The SMILES string of the molecule is CC1=CCC(C(=O)NC[C@H]2CN(c3ccc(N4CCCCC4=O)cc3)C(=O)O2)S1. The summed E-state index contributed by atoms with van der Waals surface area (Å²) in [5.74, 6) is 0.124. The van der Waals surface area contributed by atoms with Gasteiger partial charge < -0.3 is 15.0 Å². The van der Waals surface area contributed by atoms with Crippen molar-refractivity contribution in [3.63, 3.8) is 0 Å². The predicted octanol–water partition coefficient (Wildman–Crippen LogP) is 3.05. The molecule has 154 valence electrons. The number of hydrogen-bond donors (Lipinski definition) is 1. The molecule has 2 atom stereocenters. The molecule has 3 aliphatic rings. The highest BCUT2D eigenvalue weighted by atomic mass is 32.2. The van der Waals surface area contributed by atoms with Gasteiger partial charge in [0.25, 0.3) is 0 Å². The molecule has 2 saturated heterocycles. The number of carbonyl (C=O) groups is 3. The summed E-state index contributed by atoms with van der Waals surface area (Å²) in [4.78, 5) is 41.1. The van der Waals surface area contributed by atoms with Crippen LogP contribution in [0.4, 0.5) is 16.2 Å². The van der Waals surface area contributed by atoms with Crippen LogP contribution < -0.4 is 15.1 Å². The van der Waals surface area contributed by atoms with Gasteiger partial charge in [0, 0.05) is 24.3 Å². The summed E-state index contributed by atoms with van der Waals surface area (Å²) in [7, 11) is 0. The third kappa shape index (κ3) is 4.42. The number of amides is 3. The molecule has 3 amide bonds. The molecule has 3 heterocycles. The Labute approximate surface area is 174 Å². The molecule has 4 rings (SSSR count). The summed E-state index contributed by atoms with van der Waals surface area (Å²) in [5.41, 5.74) is 1.58. The number of rotatable bonds is 5. The summed E-state index contributed by atoms with van der Waals surface area (Å²) in [6, 6.07) is 7.41. The van der Waals surface area contributed by atoms with Crippen LogP contribution in [0.15, 0.2) is 35.2 Å². The van der Waals surface area contributed by atoms with Crippen LogP contribution >= 0.6 is 11.8 Å². The Balaban J connectivity index is 1.32. The van der Waals surface area contributed by atoms with Gasteiger partial charge in [0.2, 0.25) is 11.8 Å². The average Bonchev–Trinajstić information content (AvgIpc) is 3.32. The van der Waals surface area contributed by atoms with Crippen molar-refractivity contribution in [2.75, 3.05) is 29.4 Å². The number of hydrogen-bond acceptors (Lipinski definition) is 5. The molecule has 0 bridgehead atoms. The lowest BCUT2D eigenvalue weighted by Crippen LogP contribution is -2.38. The number of thioether (sulfide) groups is 1. The summed E-state index contributed by atoms with van der Waals surface area (Å²) in [6.45, 7) is 3.43. The van der Waals surface area contributed by atoms with Crippen molar-refractivity contribution < 1.29 is 19.1 Å². The lowest BCUT2D eigenvalue weighted by Gasteiger charge is -2.27. The van der Waals surface area contributed by atoms with Crippen molar-refractivity contribution in [1.29, 1.82) is 0 Å². The van der Waals surface area contributed by atoms with Gasteiger partial charge >= 0.3 is 6.09 Å². The van der Waals surface area contributed by atoms with Gasteiger partial charge in [-0.05, 0) is 55.4 Å². The molecule has 8 heteroatoms.